The van der Waals surface area contributed by atoms with Gasteiger partial charge >= 0.3 is 0 Å². The molecule has 0 radical (unpaired) electrons. The molecule has 1 atom stereocenters. The summed E-state index contributed by atoms with van der Waals surface area (Å²) >= 11 is 0. The van der Waals surface area contributed by atoms with E-state index in [4.69, 9.17) is 14.9 Å². The zero-order valence-corrected chi connectivity index (χ0v) is 9.86. The Bertz CT molecular complexity index is 470. The van der Waals surface area contributed by atoms with Crippen molar-refractivity contribution in [2.24, 2.45) is 0 Å². The van der Waals surface area contributed by atoms with Crippen LogP contribution in [0, 0.1) is 0 Å². The summed E-state index contributed by atoms with van der Waals surface area (Å²) in [5.41, 5.74) is 2.17. The van der Waals surface area contributed by atoms with Gasteiger partial charge in [-0.2, -0.15) is 0 Å². The molecule has 1 aromatic carbocycles. The van der Waals surface area contributed by atoms with E-state index in [1.54, 1.807) is 12.4 Å². The molecule has 2 aromatic rings. The summed E-state index contributed by atoms with van der Waals surface area (Å²) in [6.07, 6.45) is 2.65. The fraction of sp³-hybridized carbons (Fsp3) is 0.214. The fourth-order valence-electron chi connectivity index (χ4n) is 1.53. The standard InChI is InChI=1S/C14H15NO3/c16-9-13(17)10-18-14-3-1-11(2-4-14)12-5-7-15-8-6-12/h1-8,13,16-17H,9-10H2. The molecule has 2 N–H and O–H groups in total. The highest BCUT2D eigenvalue weighted by Gasteiger charge is 2.03. The molecule has 18 heavy (non-hydrogen) atoms. The lowest BCUT2D eigenvalue weighted by atomic mass is 10.1. The topological polar surface area (TPSA) is 62.6 Å². The highest BCUT2D eigenvalue weighted by molar-refractivity contribution is 5.63. The summed E-state index contributed by atoms with van der Waals surface area (Å²) in [6.45, 7) is -0.208. The Morgan fingerprint density at radius 1 is 1.00 bits per heavy atom. The van der Waals surface area contributed by atoms with E-state index in [1.807, 2.05) is 36.4 Å². The lowest BCUT2D eigenvalue weighted by Gasteiger charge is -2.10. The van der Waals surface area contributed by atoms with E-state index in [1.165, 1.54) is 0 Å². The second-order valence-electron chi connectivity index (χ2n) is 3.91. The molecular formula is C14H15NO3. The van der Waals surface area contributed by atoms with Gasteiger partial charge in [-0.25, -0.2) is 0 Å². The van der Waals surface area contributed by atoms with Gasteiger partial charge in [-0.05, 0) is 35.4 Å². The van der Waals surface area contributed by atoms with Crippen molar-refractivity contribution in [2.45, 2.75) is 6.10 Å². The van der Waals surface area contributed by atoms with E-state index in [0.717, 1.165) is 11.1 Å². The smallest absolute Gasteiger partial charge is 0.119 e. The van der Waals surface area contributed by atoms with Gasteiger partial charge in [0.15, 0.2) is 0 Å². The summed E-state index contributed by atoms with van der Waals surface area (Å²) in [5, 5.41) is 17.8. The number of pyridine rings is 1. The summed E-state index contributed by atoms with van der Waals surface area (Å²) in [4.78, 5) is 3.97. The van der Waals surface area contributed by atoms with E-state index in [0.29, 0.717) is 5.75 Å². The van der Waals surface area contributed by atoms with Crippen molar-refractivity contribution in [2.75, 3.05) is 13.2 Å². The van der Waals surface area contributed by atoms with Gasteiger partial charge in [-0.1, -0.05) is 12.1 Å². The second-order valence-corrected chi connectivity index (χ2v) is 3.91. The first-order chi connectivity index (χ1) is 8.79. The highest BCUT2D eigenvalue weighted by atomic mass is 16.5. The number of nitrogens with zero attached hydrogens (tertiary/aromatic N) is 1. The van der Waals surface area contributed by atoms with Crippen molar-refractivity contribution in [3.8, 4) is 16.9 Å². The van der Waals surface area contributed by atoms with Crippen molar-refractivity contribution in [1.82, 2.24) is 4.98 Å². The van der Waals surface area contributed by atoms with Gasteiger partial charge in [0.1, 0.15) is 18.5 Å². The molecule has 0 bridgehead atoms. The second kappa shape index (κ2) is 6.14. The fourth-order valence-corrected chi connectivity index (χ4v) is 1.53. The summed E-state index contributed by atoms with van der Waals surface area (Å²) < 4.78 is 5.33. The third kappa shape index (κ3) is 3.29. The van der Waals surface area contributed by atoms with Gasteiger partial charge in [0, 0.05) is 12.4 Å². The van der Waals surface area contributed by atoms with Crippen LogP contribution < -0.4 is 4.74 Å². The van der Waals surface area contributed by atoms with E-state index in [9.17, 15) is 0 Å². The van der Waals surface area contributed by atoms with Gasteiger partial charge in [0.05, 0.1) is 6.61 Å². The molecule has 0 spiro atoms. The van der Waals surface area contributed by atoms with Gasteiger partial charge in [0.25, 0.3) is 0 Å². The lowest BCUT2D eigenvalue weighted by Crippen LogP contribution is -2.21. The minimum absolute atomic E-state index is 0.0884. The molecule has 0 aliphatic carbocycles. The van der Waals surface area contributed by atoms with Crippen LogP contribution in [0.4, 0.5) is 0 Å². The SMILES string of the molecule is OCC(O)COc1ccc(-c2ccncc2)cc1. The molecule has 0 aliphatic heterocycles. The minimum atomic E-state index is -0.843. The normalized spacial score (nSPS) is 12.1. The quantitative estimate of drug-likeness (QED) is 0.837. The van der Waals surface area contributed by atoms with Crippen LogP contribution in [0.15, 0.2) is 48.8 Å². The van der Waals surface area contributed by atoms with Gasteiger partial charge < -0.3 is 14.9 Å². The van der Waals surface area contributed by atoms with Crippen LogP contribution in [0.1, 0.15) is 0 Å². The number of hydrogen-bond acceptors (Lipinski definition) is 4. The van der Waals surface area contributed by atoms with Crippen LogP contribution >= 0.6 is 0 Å². The van der Waals surface area contributed by atoms with Crippen molar-refractivity contribution < 1.29 is 14.9 Å². The Morgan fingerprint density at radius 3 is 2.22 bits per heavy atom. The van der Waals surface area contributed by atoms with Crippen LogP contribution in [-0.2, 0) is 0 Å². The molecule has 0 fully saturated rings. The predicted octanol–water partition coefficient (Wildman–Crippen LogP) is 1.48. The molecule has 1 unspecified atom stereocenters. The maximum atomic E-state index is 9.17. The average molecular weight is 245 g/mol. The molecule has 1 aromatic heterocycles. The van der Waals surface area contributed by atoms with Crippen LogP contribution in [0.5, 0.6) is 5.75 Å². The largest absolute Gasteiger partial charge is 0.491 e. The van der Waals surface area contributed by atoms with Crippen LogP contribution in [0.25, 0.3) is 11.1 Å². The third-order valence-electron chi connectivity index (χ3n) is 2.52. The third-order valence-corrected chi connectivity index (χ3v) is 2.52. The van der Waals surface area contributed by atoms with Gasteiger partial charge in [0.2, 0.25) is 0 Å². The Morgan fingerprint density at radius 2 is 1.61 bits per heavy atom. The zero-order valence-electron chi connectivity index (χ0n) is 9.86. The number of aliphatic hydroxyl groups excluding tert-OH is 2. The zero-order chi connectivity index (χ0) is 12.8. The highest BCUT2D eigenvalue weighted by Crippen LogP contribution is 2.21. The number of rotatable bonds is 5. The van der Waals surface area contributed by atoms with E-state index < -0.39 is 6.10 Å². The van der Waals surface area contributed by atoms with Crippen molar-refractivity contribution in [1.29, 1.82) is 0 Å². The molecule has 0 aliphatic rings. The van der Waals surface area contributed by atoms with Gasteiger partial charge in [-0.15, -0.1) is 0 Å². The molecule has 0 saturated carbocycles. The number of aliphatic hydroxyl groups is 2. The Labute approximate surface area is 106 Å². The van der Waals surface area contributed by atoms with E-state index in [2.05, 4.69) is 4.98 Å². The van der Waals surface area contributed by atoms with Crippen molar-refractivity contribution >= 4 is 0 Å². The number of ether oxygens (including phenoxy) is 1. The maximum absolute atomic E-state index is 9.17. The van der Waals surface area contributed by atoms with E-state index >= 15 is 0 Å². The molecule has 2 rings (SSSR count). The molecule has 1 heterocycles. The molecule has 4 heteroatoms. The Hall–Kier alpha value is -1.91. The number of benzene rings is 1. The van der Waals surface area contributed by atoms with Crippen molar-refractivity contribution in [3.05, 3.63) is 48.8 Å². The maximum Gasteiger partial charge on any atom is 0.119 e. The first kappa shape index (κ1) is 12.5. The van der Waals surface area contributed by atoms with Gasteiger partial charge in [-0.3, -0.25) is 4.98 Å². The first-order valence-electron chi connectivity index (χ1n) is 5.72. The number of hydrogen-bond donors (Lipinski definition) is 2. The molecule has 94 valence electrons. The lowest BCUT2D eigenvalue weighted by molar-refractivity contribution is 0.0536. The van der Waals surface area contributed by atoms with Crippen LogP contribution in [0.2, 0.25) is 0 Å². The summed E-state index contributed by atoms with van der Waals surface area (Å²) in [7, 11) is 0. The predicted molar refractivity (Wildman–Crippen MR) is 68.3 cm³/mol. The summed E-state index contributed by atoms with van der Waals surface area (Å²) in [5.74, 6) is 0.667. The molecule has 0 amide bonds. The monoisotopic (exact) mass is 245 g/mol. The first-order valence-corrected chi connectivity index (χ1v) is 5.72. The minimum Gasteiger partial charge on any atom is -0.491 e. The Kier molecular flexibility index (Phi) is 4.28. The van der Waals surface area contributed by atoms with Crippen LogP contribution in [-0.4, -0.2) is 34.5 Å². The summed E-state index contributed by atoms with van der Waals surface area (Å²) in [6, 6.07) is 11.4. The molecular weight excluding hydrogens is 230 g/mol. The number of aromatic nitrogens is 1. The van der Waals surface area contributed by atoms with Crippen LogP contribution in [0.3, 0.4) is 0 Å². The van der Waals surface area contributed by atoms with E-state index in [-0.39, 0.29) is 13.2 Å². The molecule has 0 saturated heterocycles. The van der Waals surface area contributed by atoms with Crippen molar-refractivity contribution in [3.63, 3.8) is 0 Å². The average Bonchev–Trinajstić information content (AvgIpc) is 2.46. The molecule has 4 nitrogen and oxygen atoms in total. The Balaban J connectivity index is 2.02.